The summed E-state index contributed by atoms with van der Waals surface area (Å²) < 4.78 is 5.66. The molecule has 9 heteroatoms. The fraction of sp³-hybridized carbons (Fsp3) is 0.484. The van der Waals surface area contributed by atoms with Crippen LogP contribution < -0.4 is 15.5 Å². The molecule has 2 aromatic heterocycles. The fourth-order valence-electron chi connectivity index (χ4n) is 8.07. The van der Waals surface area contributed by atoms with Gasteiger partial charge in [0.1, 0.15) is 17.5 Å². The molecule has 5 aliphatic rings. The molecule has 3 aromatic rings. The maximum Gasteiger partial charge on any atom is 0.230 e. The van der Waals surface area contributed by atoms with E-state index in [2.05, 4.69) is 38.7 Å². The summed E-state index contributed by atoms with van der Waals surface area (Å²) in [5.74, 6) is 4.53. The Labute approximate surface area is 234 Å². The largest absolute Gasteiger partial charge is 0.377 e. The first kappa shape index (κ1) is 25.3. The van der Waals surface area contributed by atoms with Crippen molar-refractivity contribution in [2.45, 2.75) is 51.5 Å². The van der Waals surface area contributed by atoms with Crippen molar-refractivity contribution in [2.24, 2.45) is 23.2 Å². The zero-order valence-electron chi connectivity index (χ0n) is 23.0. The summed E-state index contributed by atoms with van der Waals surface area (Å²) in [6.45, 7) is 4.17. The minimum atomic E-state index is -0.178. The molecule has 4 aliphatic carbocycles. The fourth-order valence-corrected chi connectivity index (χ4v) is 8.07. The molecule has 1 aliphatic heterocycles. The van der Waals surface area contributed by atoms with E-state index < -0.39 is 0 Å². The molecule has 4 saturated carbocycles. The molecule has 1 saturated heterocycles. The Bertz CT molecular complexity index is 1370. The third-order valence-electron chi connectivity index (χ3n) is 9.58. The topological polar surface area (TPSA) is 119 Å². The predicted octanol–water partition coefficient (Wildman–Crippen LogP) is 5.59. The molecule has 1 aromatic carbocycles. The highest BCUT2D eigenvalue weighted by molar-refractivity contribution is 5.98. The first-order chi connectivity index (χ1) is 19.5. The Morgan fingerprint density at radius 1 is 1.12 bits per heavy atom. The van der Waals surface area contributed by atoms with Gasteiger partial charge in [0.05, 0.1) is 30.9 Å². The monoisotopic (exact) mass is 539 g/mol. The Balaban J connectivity index is 1.18. The molecule has 1 amide bonds. The number of anilines is 4. The summed E-state index contributed by atoms with van der Waals surface area (Å²) in [5, 5.41) is 21.8. The summed E-state index contributed by atoms with van der Waals surface area (Å²) in [7, 11) is 0. The van der Waals surface area contributed by atoms with E-state index in [1.165, 1.54) is 25.5 Å². The third kappa shape index (κ3) is 4.56. The molecule has 208 valence electrons. The van der Waals surface area contributed by atoms with Gasteiger partial charge in [-0.3, -0.25) is 9.89 Å². The molecule has 0 spiro atoms. The van der Waals surface area contributed by atoms with Gasteiger partial charge in [-0.2, -0.15) is 5.10 Å². The lowest BCUT2D eigenvalue weighted by atomic mass is 9.49. The van der Waals surface area contributed by atoms with Crippen molar-refractivity contribution in [2.75, 3.05) is 35.3 Å². The van der Waals surface area contributed by atoms with Crippen molar-refractivity contribution >= 4 is 35.3 Å². The summed E-state index contributed by atoms with van der Waals surface area (Å²) in [5.41, 5.74) is 3.20. The molecule has 5 fully saturated rings. The summed E-state index contributed by atoms with van der Waals surface area (Å²) in [4.78, 5) is 20.8. The van der Waals surface area contributed by atoms with Crippen LogP contribution in [0.1, 0.15) is 51.0 Å². The zero-order chi connectivity index (χ0) is 27.3. The minimum Gasteiger partial charge on any atom is -0.377 e. The first-order valence-corrected chi connectivity index (χ1v) is 14.6. The number of nitrogens with one attached hydrogen (secondary N) is 4. The van der Waals surface area contributed by atoms with E-state index in [9.17, 15) is 4.79 Å². The highest BCUT2D eigenvalue weighted by Gasteiger charge is 2.54. The molecular formula is C31H37N7O2. The minimum absolute atomic E-state index is 0.178. The van der Waals surface area contributed by atoms with Crippen LogP contribution in [0.25, 0.3) is 11.1 Å². The van der Waals surface area contributed by atoms with Crippen LogP contribution in [-0.4, -0.2) is 53.1 Å². The standard InChI is InChI=1S/C31H37N7O2/c1-19-18-40-9-8-38(19)28-13-25(26(17-32)29(36-28)35-27-6-7-33-37-27)23-2-4-24(5-3-23)34-30(39)31-14-20-10-21(15-31)12-22(11-20)16-31/h2-7,13,17,19-22,32H,8-12,14-16,18H2,1H3,(H,34,39)(H2,33,35,36,37)/t19-,20?,21?,22?,31?/m1/s1. The number of H-pyrrole nitrogens is 1. The lowest BCUT2D eigenvalue weighted by Crippen LogP contribution is -2.51. The Hall–Kier alpha value is -3.72. The molecule has 9 nitrogen and oxygen atoms in total. The van der Waals surface area contributed by atoms with Crippen molar-refractivity contribution in [3.8, 4) is 11.1 Å². The van der Waals surface area contributed by atoms with E-state index in [1.807, 2.05) is 30.3 Å². The molecular weight excluding hydrogens is 502 g/mol. The normalized spacial score (nSPS) is 28.9. The van der Waals surface area contributed by atoms with Gasteiger partial charge in [0, 0.05) is 30.1 Å². The number of ether oxygens (including phenoxy) is 1. The Morgan fingerprint density at radius 3 is 2.48 bits per heavy atom. The highest BCUT2D eigenvalue weighted by Crippen LogP contribution is 2.60. The molecule has 4 bridgehead atoms. The summed E-state index contributed by atoms with van der Waals surface area (Å²) in [6.07, 6.45) is 10.2. The number of carbonyl (C=O) groups excluding carboxylic acids is 1. The average Bonchev–Trinajstić information content (AvgIpc) is 3.46. The zero-order valence-corrected chi connectivity index (χ0v) is 23.0. The van der Waals surface area contributed by atoms with Crippen LogP contribution in [0.2, 0.25) is 0 Å². The maximum absolute atomic E-state index is 13.6. The van der Waals surface area contributed by atoms with Gasteiger partial charge in [-0.15, -0.1) is 0 Å². The molecule has 0 unspecified atom stereocenters. The van der Waals surface area contributed by atoms with Gasteiger partial charge in [-0.1, -0.05) is 12.1 Å². The van der Waals surface area contributed by atoms with Crippen LogP contribution in [0.3, 0.4) is 0 Å². The van der Waals surface area contributed by atoms with E-state index in [0.717, 1.165) is 66.2 Å². The second kappa shape index (κ2) is 10.0. The van der Waals surface area contributed by atoms with Gasteiger partial charge in [0.15, 0.2) is 0 Å². The van der Waals surface area contributed by atoms with Crippen LogP contribution in [0.5, 0.6) is 0 Å². The number of aromatic nitrogens is 3. The summed E-state index contributed by atoms with van der Waals surface area (Å²) in [6, 6.07) is 12.1. The lowest BCUT2D eigenvalue weighted by molar-refractivity contribution is -0.140. The van der Waals surface area contributed by atoms with Gasteiger partial charge in [0.2, 0.25) is 5.91 Å². The predicted molar refractivity (Wildman–Crippen MR) is 156 cm³/mol. The van der Waals surface area contributed by atoms with Crippen molar-refractivity contribution < 1.29 is 9.53 Å². The Morgan fingerprint density at radius 2 is 1.85 bits per heavy atom. The number of carbonyl (C=O) groups is 1. The van der Waals surface area contributed by atoms with Crippen LogP contribution in [-0.2, 0) is 9.53 Å². The number of hydrogen-bond donors (Lipinski definition) is 4. The highest BCUT2D eigenvalue weighted by atomic mass is 16.5. The SMILES string of the molecule is C[C@@H]1COCCN1c1cc(-c2ccc(NC(=O)C34CC5CC(CC(C5)C3)C4)cc2)c(C=N)c(Nc2ccn[nH]2)n1. The van der Waals surface area contributed by atoms with E-state index in [0.29, 0.717) is 30.4 Å². The molecule has 8 rings (SSSR count). The molecule has 4 N–H and O–H groups in total. The quantitative estimate of drug-likeness (QED) is 0.291. The van der Waals surface area contributed by atoms with Gasteiger partial charge >= 0.3 is 0 Å². The van der Waals surface area contributed by atoms with E-state index >= 15 is 0 Å². The van der Waals surface area contributed by atoms with Crippen LogP contribution >= 0.6 is 0 Å². The van der Waals surface area contributed by atoms with Crippen LogP contribution in [0.15, 0.2) is 42.6 Å². The van der Waals surface area contributed by atoms with Crippen molar-refractivity contribution in [3.05, 3.63) is 48.2 Å². The van der Waals surface area contributed by atoms with Gasteiger partial charge in [0.25, 0.3) is 0 Å². The van der Waals surface area contributed by atoms with Crippen LogP contribution in [0, 0.1) is 28.6 Å². The van der Waals surface area contributed by atoms with E-state index in [4.69, 9.17) is 15.1 Å². The number of nitrogens with zero attached hydrogens (tertiary/aromatic N) is 3. The van der Waals surface area contributed by atoms with E-state index in [-0.39, 0.29) is 17.4 Å². The number of benzene rings is 1. The first-order valence-electron chi connectivity index (χ1n) is 14.6. The molecule has 3 heterocycles. The second-order valence-electron chi connectivity index (χ2n) is 12.4. The molecule has 1 atom stereocenters. The van der Waals surface area contributed by atoms with Gasteiger partial charge in [-0.25, -0.2) is 4.98 Å². The van der Waals surface area contributed by atoms with Crippen molar-refractivity contribution in [1.82, 2.24) is 15.2 Å². The van der Waals surface area contributed by atoms with Gasteiger partial charge in [-0.05, 0) is 92.5 Å². The second-order valence-corrected chi connectivity index (χ2v) is 12.4. The number of rotatable bonds is 7. The summed E-state index contributed by atoms with van der Waals surface area (Å²) >= 11 is 0. The smallest absolute Gasteiger partial charge is 0.230 e. The number of aromatic amines is 1. The third-order valence-corrected chi connectivity index (χ3v) is 9.58. The number of pyridine rings is 1. The Kier molecular flexibility index (Phi) is 6.34. The number of morpholine rings is 1. The maximum atomic E-state index is 13.6. The van der Waals surface area contributed by atoms with E-state index in [1.54, 1.807) is 6.20 Å². The van der Waals surface area contributed by atoms with Gasteiger partial charge < -0.3 is 25.7 Å². The molecule has 0 radical (unpaired) electrons. The average molecular weight is 540 g/mol. The number of amides is 1. The number of hydrogen-bond acceptors (Lipinski definition) is 7. The molecule has 40 heavy (non-hydrogen) atoms. The van der Waals surface area contributed by atoms with Crippen molar-refractivity contribution in [3.63, 3.8) is 0 Å². The van der Waals surface area contributed by atoms with Crippen LogP contribution in [0.4, 0.5) is 23.1 Å². The lowest BCUT2D eigenvalue weighted by Gasteiger charge is -2.55. The van der Waals surface area contributed by atoms with Crippen molar-refractivity contribution in [1.29, 1.82) is 5.41 Å².